The first-order valence-corrected chi connectivity index (χ1v) is 16.3. The fraction of sp³-hybridized carbons (Fsp3) is 0.240. The molecule has 0 unspecified atom stereocenters. The Morgan fingerprint density at radius 3 is 1.55 bits per heavy atom. The zero-order valence-electron chi connectivity index (χ0n) is 17.7. The molecular formula is C25H31IN3PS. The molecule has 0 aliphatic rings. The van der Waals surface area contributed by atoms with E-state index in [2.05, 4.69) is 124 Å². The first-order valence-electron chi connectivity index (χ1n) is 10.7. The summed E-state index contributed by atoms with van der Waals surface area (Å²) >= 11 is 7.91. The third-order valence-electron chi connectivity index (χ3n) is 5.81. The number of thiocarbonyl (C=S) groups is 1. The van der Waals surface area contributed by atoms with Gasteiger partial charge in [-0.2, -0.15) is 0 Å². The predicted molar refractivity (Wildman–Crippen MR) is 150 cm³/mol. The van der Waals surface area contributed by atoms with Crippen LogP contribution < -0.4 is 32.5 Å². The number of halogens is 1. The quantitative estimate of drug-likeness (QED) is 0.0832. The topological polar surface area (TPSA) is 50.1 Å². The summed E-state index contributed by atoms with van der Waals surface area (Å²) in [7, 11) is 0. The van der Waals surface area contributed by atoms with Crippen LogP contribution in [0.3, 0.4) is 0 Å². The Morgan fingerprint density at radius 1 is 0.710 bits per heavy atom. The van der Waals surface area contributed by atoms with Gasteiger partial charge in [0.2, 0.25) is 0 Å². The van der Waals surface area contributed by atoms with Gasteiger partial charge >= 0.3 is 206 Å². The average molecular weight is 563 g/mol. The van der Waals surface area contributed by atoms with Crippen molar-refractivity contribution >= 4 is 59.5 Å². The second-order valence-corrected chi connectivity index (χ2v) is 18.9. The summed E-state index contributed by atoms with van der Waals surface area (Å²) in [5.41, 5.74) is 2.47. The molecule has 0 heterocycles. The van der Waals surface area contributed by atoms with Crippen LogP contribution in [0.25, 0.3) is 0 Å². The van der Waals surface area contributed by atoms with Crippen molar-refractivity contribution in [3.8, 4) is 0 Å². The van der Waals surface area contributed by atoms with Crippen LogP contribution in [0.2, 0.25) is 0 Å². The molecule has 3 nitrogen and oxygen atoms in total. The van der Waals surface area contributed by atoms with Crippen LogP contribution in [0.4, 0.5) is 0 Å². The van der Waals surface area contributed by atoms with Crippen molar-refractivity contribution < 1.29 is 0 Å². The van der Waals surface area contributed by atoms with Crippen LogP contribution in [0.5, 0.6) is 0 Å². The molecule has 6 heteroatoms. The number of hydrazine groups is 1. The van der Waals surface area contributed by atoms with Gasteiger partial charge in [-0.15, -0.1) is 0 Å². The van der Waals surface area contributed by atoms with Crippen molar-refractivity contribution in [2.24, 2.45) is 5.84 Å². The monoisotopic (exact) mass is 563 g/mol. The summed E-state index contributed by atoms with van der Waals surface area (Å²) < 4.78 is -2.62. The molecule has 0 amide bonds. The Hall–Kier alpha value is -1.53. The molecule has 3 aromatic carbocycles. The van der Waals surface area contributed by atoms with Crippen LogP contribution in [0.15, 0.2) is 91.0 Å². The van der Waals surface area contributed by atoms with Gasteiger partial charge in [-0.05, 0) is 0 Å². The van der Waals surface area contributed by atoms with Gasteiger partial charge in [0, 0.05) is 0 Å². The molecule has 4 N–H and O–H groups in total. The zero-order valence-corrected chi connectivity index (χ0v) is 21.6. The minimum atomic E-state index is -2.62. The SMILES string of the molecule is NNC(=S)NCCCCCCP(I)(c1ccccc1)(c1ccccc1)c1ccccc1. The number of rotatable bonds is 10. The third-order valence-corrected chi connectivity index (χ3v) is 17.8. The first kappa shape index (κ1) is 24.1. The van der Waals surface area contributed by atoms with Gasteiger partial charge in [-0.25, -0.2) is 0 Å². The number of hydrogen-bond donors (Lipinski definition) is 3. The van der Waals surface area contributed by atoms with E-state index in [-0.39, 0.29) is 0 Å². The van der Waals surface area contributed by atoms with E-state index in [1.54, 1.807) is 0 Å². The zero-order chi connectivity index (χ0) is 22.0. The molecule has 3 rings (SSSR count). The summed E-state index contributed by atoms with van der Waals surface area (Å²) in [5.74, 6) is 5.31. The third kappa shape index (κ3) is 5.46. The number of nitrogens with one attached hydrogen (secondary N) is 2. The maximum absolute atomic E-state index is 5.31. The summed E-state index contributed by atoms with van der Waals surface area (Å²) in [6, 6.07) is 33.4. The second-order valence-electron chi connectivity index (χ2n) is 7.73. The molecule has 0 radical (unpaired) electrons. The maximum atomic E-state index is 5.31. The molecule has 0 saturated carbocycles. The molecule has 0 spiro atoms. The standard InChI is InChI=1S/C25H31IN3PS/c26-30(22-14-6-3-7-15-22,23-16-8-4-9-17-23,24-18-10-5-11-19-24)21-13-2-1-12-20-28-25(31)29-27/h3-11,14-19H,1-2,12-13,20-21,27H2,(H2,28,29,31). The molecule has 31 heavy (non-hydrogen) atoms. The van der Waals surface area contributed by atoms with Crippen molar-refractivity contribution in [1.82, 2.24) is 10.7 Å². The summed E-state index contributed by atoms with van der Waals surface area (Å²) in [5, 5.41) is 7.99. The van der Waals surface area contributed by atoms with E-state index >= 15 is 0 Å². The molecule has 0 aromatic heterocycles. The van der Waals surface area contributed by atoms with E-state index in [1.165, 1.54) is 35.2 Å². The second kappa shape index (κ2) is 11.4. The van der Waals surface area contributed by atoms with E-state index in [4.69, 9.17) is 18.1 Å². The van der Waals surface area contributed by atoms with Crippen molar-refractivity contribution in [2.45, 2.75) is 25.7 Å². The molecule has 0 aliphatic heterocycles. The van der Waals surface area contributed by atoms with Crippen molar-refractivity contribution in [3.05, 3.63) is 91.0 Å². The van der Waals surface area contributed by atoms with E-state index in [1.807, 2.05) is 0 Å². The number of hydrogen-bond acceptors (Lipinski definition) is 2. The van der Waals surface area contributed by atoms with Crippen molar-refractivity contribution in [1.29, 1.82) is 0 Å². The van der Waals surface area contributed by atoms with Crippen LogP contribution in [0, 0.1) is 0 Å². The molecule has 0 saturated heterocycles. The predicted octanol–water partition coefficient (Wildman–Crippen LogP) is 4.76. The van der Waals surface area contributed by atoms with Crippen LogP contribution in [0.1, 0.15) is 25.7 Å². The van der Waals surface area contributed by atoms with Gasteiger partial charge in [-0.3, -0.25) is 0 Å². The Bertz CT molecular complexity index is 855. The van der Waals surface area contributed by atoms with Gasteiger partial charge < -0.3 is 0 Å². The fourth-order valence-corrected chi connectivity index (χ4v) is 13.1. The summed E-state index contributed by atoms with van der Waals surface area (Å²) in [4.78, 5) is 0. The van der Waals surface area contributed by atoms with E-state index < -0.39 is 4.25 Å². The fourth-order valence-electron chi connectivity index (χ4n) is 4.19. The Labute approximate surface area is 204 Å². The van der Waals surface area contributed by atoms with Gasteiger partial charge in [0.15, 0.2) is 0 Å². The van der Waals surface area contributed by atoms with E-state index in [0.717, 1.165) is 19.1 Å². The van der Waals surface area contributed by atoms with Gasteiger partial charge in [-0.1, -0.05) is 0 Å². The number of nitrogens with two attached hydrogens (primary N) is 1. The first-order chi connectivity index (χ1) is 15.1. The van der Waals surface area contributed by atoms with Crippen molar-refractivity contribution in [2.75, 3.05) is 12.7 Å². The van der Waals surface area contributed by atoms with Crippen LogP contribution >= 0.6 is 38.5 Å². The van der Waals surface area contributed by atoms with E-state index in [0.29, 0.717) is 5.11 Å². The van der Waals surface area contributed by atoms with E-state index in [9.17, 15) is 0 Å². The van der Waals surface area contributed by atoms with Gasteiger partial charge in [0.1, 0.15) is 0 Å². The molecule has 0 fully saturated rings. The Balaban J connectivity index is 1.89. The molecule has 164 valence electrons. The normalized spacial score (nSPS) is 12.5. The average Bonchev–Trinajstić information content (AvgIpc) is 2.85. The summed E-state index contributed by atoms with van der Waals surface area (Å²) in [6.07, 6.45) is 5.78. The number of unbranched alkanes of at least 4 members (excludes halogenated alkanes) is 3. The van der Waals surface area contributed by atoms with Crippen molar-refractivity contribution in [3.63, 3.8) is 0 Å². The molecular weight excluding hydrogens is 532 g/mol. The molecule has 0 bridgehead atoms. The van der Waals surface area contributed by atoms with Gasteiger partial charge in [0.25, 0.3) is 0 Å². The van der Waals surface area contributed by atoms with Crippen LogP contribution in [-0.2, 0) is 0 Å². The molecule has 0 aliphatic carbocycles. The van der Waals surface area contributed by atoms with Crippen LogP contribution in [-0.4, -0.2) is 17.8 Å². The minimum absolute atomic E-state index is 0.509. The molecule has 3 aromatic rings. The summed E-state index contributed by atoms with van der Waals surface area (Å²) in [6.45, 7) is 0.854. The van der Waals surface area contributed by atoms with Gasteiger partial charge in [0.05, 0.1) is 0 Å². The number of benzene rings is 3. The Kier molecular flexibility index (Phi) is 8.85. The Morgan fingerprint density at radius 2 is 1.13 bits per heavy atom. The molecule has 0 atom stereocenters.